The van der Waals surface area contributed by atoms with Crippen LogP contribution in [0.2, 0.25) is 0 Å². The molecule has 0 spiro atoms. The van der Waals surface area contributed by atoms with E-state index in [9.17, 15) is 15.0 Å². The molecular formula is C52H85NO3. The van der Waals surface area contributed by atoms with Gasteiger partial charge in [-0.15, -0.1) is 0 Å². The van der Waals surface area contributed by atoms with Gasteiger partial charge in [-0.3, -0.25) is 4.79 Å². The zero-order valence-electron chi connectivity index (χ0n) is 36.1. The van der Waals surface area contributed by atoms with Crippen LogP contribution in [0.3, 0.4) is 0 Å². The maximum atomic E-state index is 12.4. The van der Waals surface area contributed by atoms with Crippen molar-refractivity contribution in [2.75, 3.05) is 6.61 Å². The molecule has 0 aromatic carbocycles. The molecule has 0 bridgehead atoms. The second kappa shape index (κ2) is 46.2. The number of carbonyl (C=O) groups excluding carboxylic acids is 1. The summed E-state index contributed by atoms with van der Waals surface area (Å²) in [6, 6.07) is -0.655. The Kier molecular flexibility index (Phi) is 43.5. The lowest BCUT2D eigenvalue weighted by Crippen LogP contribution is -2.45. The van der Waals surface area contributed by atoms with Gasteiger partial charge in [-0.05, 0) is 96.3 Å². The van der Waals surface area contributed by atoms with E-state index in [0.717, 1.165) is 96.3 Å². The van der Waals surface area contributed by atoms with Gasteiger partial charge in [0.25, 0.3) is 0 Å². The van der Waals surface area contributed by atoms with E-state index in [1.54, 1.807) is 6.08 Å². The molecule has 0 aromatic heterocycles. The van der Waals surface area contributed by atoms with Crippen LogP contribution >= 0.6 is 0 Å². The first-order chi connectivity index (χ1) is 27.7. The van der Waals surface area contributed by atoms with Crippen molar-refractivity contribution in [3.8, 4) is 0 Å². The van der Waals surface area contributed by atoms with Crippen LogP contribution in [0.4, 0.5) is 0 Å². The van der Waals surface area contributed by atoms with Gasteiger partial charge in [-0.2, -0.15) is 0 Å². The fourth-order valence-electron chi connectivity index (χ4n) is 5.97. The molecule has 3 N–H and O–H groups in total. The lowest BCUT2D eigenvalue weighted by Gasteiger charge is -2.19. The molecule has 2 unspecified atom stereocenters. The summed E-state index contributed by atoms with van der Waals surface area (Å²) in [6.45, 7) is 4.14. The standard InChI is InChI=1S/C52H85NO3/c1-3-5-7-9-11-13-15-17-18-19-20-21-22-23-24-25-26-27-28-29-30-31-32-33-34-36-38-40-42-44-46-48-52(56)53-50(49-54)51(55)47-45-43-41-39-37-35-16-14-12-10-8-6-4-2/h5,7,11,13,17-18,20-21,23-24,26-27,29-30,32-33,37,39,45,47,50-51,54-55H,3-4,6,8-10,12,14-16,19,22,25,28,31,34-36,38,40-44,46,48-49H2,1-2H3,(H,53,56)/b7-5-,13-11-,18-17-,21-20-,24-23-,27-26-,30-29-,33-32-,39-37+,47-45+. The molecule has 1 amide bonds. The topological polar surface area (TPSA) is 69.6 Å². The summed E-state index contributed by atoms with van der Waals surface area (Å²) < 4.78 is 0. The van der Waals surface area contributed by atoms with Crippen LogP contribution in [0.5, 0.6) is 0 Å². The Bertz CT molecular complexity index is 1150. The minimum absolute atomic E-state index is 0.0960. The zero-order chi connectivity index (χ0) is 40.7. The third-order valence-electron chi connectivity index (χ3n) is 9.43. The molecule has 316 valence electrons. The van der Waals surface area contributed by atoms with Crippen molar-refractivity contribution >= 4 is 5.91 Å². The molecule has 0 aliphatic rings. The maximum Gasteiger partial charge on any atom is 0.220 e. The Morgan fingerprint density at radius 2 is 0.804 bits per heavy atom. The number of hydrogen-bond donors (Lipinski definition) is 3. The lowest BCUT2D eigenvalue weighted by atomic mass is 10.1. The van der Waals surface area contributed by atoms with Crippen molar-refractivity contribution < 1.29 is 15.0 Å². The predicted octanol–water partition coefficient (Wildman–Crippen LogP) is 14.6. The predicted molar refractivity (Wildman–Crippen MR) is 248 cm³/mol. The van der Waals surface area contributed by atoms with Crippen molar-refractivity contribution in [3.05, 3.63) is 122 Å². The fraction of sp³-hybridized carbons (Fsp3) is 0.596. The van der Waals surface area contributed by atoms with Crippen LogP contribution in [0.25, 0.3) is 0 Å². The number of unbranched alkanes of at least 4 members (excludes halogenated alkanes) is 14. The molecule has 4 heteroatoms. The van der Waals surface area contributed by atoms with E-state index in [4.69, 9.17) is 0 Å². The van der Waals surface area contributed by atoms with E-state index in [1.807, 2.05) is 6.08 Å². The summed E-state index contributed by atoms with van der Waals surface area (Å²) in [6.07, 6.45) is 71.6. The summed E-state index contributed by atoms with van der Waals surface area (Å²) >= 11 is 0. The number of rotatable bonds is 39. The third kappa shape index (κ3) is 41.9. The van der Waals surface area contributed by atoms with Gasteiger partial charge < -0.3 is 15.5 Å². The number of aliphatic hydroxyl groups excluding tert-OH is 2. The Hall–Kier alpha value is -3.21. The van der Waals surface area contributed by atoms with Crippen LogP contribution < -0.4 is 5.32 Å². The molecule has 0 fully saturated rings. The number of hydrogen-bond acceptors (Lipinski definition) is 3. The van der Waals surface area contributed by atoms with Crippen molar-refractivity contribution in [1.82, 2.24) is 5.32 Å². The summed E-state index contributed by atoms with van der Waals surface area (Å²) in [7, 11) is 0. The van der Waals surface area contributed by atoms with Crippen molar-refractivity contribution in [1.29, 1.82) is 0 Å². The maximum absolute atomic E-state index is 12.4. The van der Waals surface area contributed by atoms with Gasteiger partial charge in [-0.1, -0.05) is 200 Å². The molecule has 4 nitrogen and oxygen atoms in total. The van der Waals surface area contributed by atoms with Crippen LogP contribution in [0.1, 0.15) is 181 Å². The second-order valence-corrected chi connectivity index (χ2v) is 14.7. The monoisotopic (exact) mass is 772 g/mol. The number of allylic oxidation sites excluding steroid dienone is 19. The molecule has 2 atom stereocenters. The second-order valence-electron chi connectivity index (χ2n) is 14.7. The Labute approximate surface area is 346 Å². The SMILES string of the molecule is CC/C=C\C/C=C\C/C=C\C/C=C\C/C=C\C/C=C\C/C=C\C/C=C\CCCCCCCCC(=O)NC(CO)C(O)/C=C/CC/C=C/CCCCCCCCC. The minimum atomic E-state index is -0.876. The molecule has 0 heterocycles. The molecule has 0 radical (unpaired) electrons. The van der Waals surface area contributed by atoms with Gasteiger partial charge in [-0.25, -0.2) is 0 Å². The summed E-state index contributed by atoms with van der Waals surface area (Å²) in [5.41, 5.74) is 0. The molecule has 0 aromatic rings. The molecule has 0 rings (SSSR count). The molecule has 56 heavy (non-hydrogen) atoms. The van der Waals surface area contributed by atoms with E-state index in [0.29, 0.717) is 6.42 Å². The van der Waals surface area contributed by atoms with Crippen LogP contribution in [0, 0.1) is 0 Å². The lowest BCUT2D eigenvalue weighted by molar-refractivity contribution is -0.123. The molecule has 0 saturated heterocycles. The van der Waals surface area contributed by atoms with Gasteiger partial charge in [0.1, 0.15) is 0 Å². The third-order valence-corrected chi connectivity index (χ3v) is 9.43. The fourth-order valence-corrected chi connectivity index (χ4v) is 5.97. The Morgan fingerprint density at radius 3 is 1.25 bits per heavy atom. The largest absolute Gasteiger partial charge is 0.394 e. The smallest absolute Gasteiger partial charge is 0.220 e. The van der Waals surface area contributed by atoms with Gasteiger partial charge in [0.15, 0.2) is 0 Å². The minimum Gasteiger partial charge on any atom is -0.394 e. The first kappa shape index (κ1) is 52.8. The van der Waals surface area contributed by atoms with E-state index in [1.165, 1.54) is 64.2 Å². The van der Waals surface area contributed by atoms with E-state index in [2.05, 4.69) is 129 Å². The molecule has 0 saturated carbocycles. The highest BCUT2D eigenvalue weighted by Gasteiger charge is 2.17. The van der Waals surface area contributed by atoms with Gasteiger partial charge in [0.05, 0.1) is 18.8 Å². The van der Waals surface area contributed by atoms with Crippen LogP contribution in [0.15, 0.2) is 122 Å². The van der Waals surface area contributed by atoms with Crippen molar-refractivity contribution in [2.24, 2.45) is 0 Å². The van der Waals surface area contributed by atoms with Crippen molar-refractivity contribution in [2.45, 2.75) is 193 Å². The highest BCUT2D eigenvalue weighted by Crippen LogP contribution is 2.11. The summed E-state index contributed by atoms with van der Waals surface area (Å²) in [5.74, 6) is -0.0960. The highest BCUT2D eigenvalue weighted by atomic mass is 16.3. The Morgan fingerprint density at radius 1 is 0.446 bits per heavy atom. The Balaban J connectivity index is 3.71. The van der Waals surface area contributed by atoms with Gasteiger partial charge >= 0.3 is 0 Å². The van der Waals surface area contributed by atoms with E-state index >= 15 is 0 Å². The first-order valence-electron chi connectivity index (χ1n) is 22.7. The summed E-state index contributed by atoms with van der Waals surface area (Å²) in [4.78, 5) is 12.4. The number of carbonyl (C=O) groups is 1. The molecule has 0 aliphatic carbocycles. The van der Waals surface area contributed by atoms with E-state index in [-0.39, 0.29) is 12.5 Å². The number of aliphatic hydroxyl groups is 2. The van der Waals surface area contributed by atoms with Gasteiger partial charge in [0.2, 0.25) is 5.91 Å². The number of nitrogens with one attached hydrogen (secondary N) is 1. The highest BCUT2D eigenvalue weighted by molar-refractivity contribution is 5.76. The quantitative estimate of drug-likeness (QED) is 0.0430. The van der Waals surface area contributed by atoms with Crippen molar-refractivity contribution in [3.63, 3.8) is 0 Å². The zero-order valence-corrected chi connectivity index (χ0v) is 36.1. The molecule has 0 aliphatic heterocycles. The van der Waals surface area contributed by atoms with Gasteiger partial charge in [0, 0.05) is 6.42 Å². The summed E-state index contributed by atoms with van der Waals surface area (Å²) in [5, 5.41) is 22.9. The average molecular weight is 772 g/mol. The van der Waals surface area contributed by atoms with Crippen LogP contribution in [-0.4, -0.2) is 34.9 Å². The normalized spacial score (nSPS) is 14.1. The van der Waals surface area contributed by atoms with Crippen LogP contribution in [-0.2, 0) is 4.79 Å². The first-order valence-corrected chi connectivity index (χ1v) is 22.7. The molecular weight excluding hydrogens is 687 g/mol. The average Bonchev–Trinajstić information content (AvgIpc) is 3.20. The van der Waals surface area contributed by atoms with E-state index < -0.39 is 12.1 Å². The number of amides is 1.